The lowest BCUT2D eigenvalue weighted by atomic mass is 10.2. The number of aromatic nitrogens is 1. The van der Waals surface area contributed by atoms with Crippen LogP contribution < -0.4 is 10.1 Å². The van der Waals surface area contributed by atoms with Gasteiger partial charge in [-0.1, -0.05) is 11.6 Å². The molecule has 0 fully saturated rings. The number of halogens is 1. The molecule has 3 nitrogen and oxygen atoms in total. The molecule has 0 amide bonds. The molecule has 94 valence electrons. The predicted molar refractivity (Wildman–Crippen MR) is 73.3 cm³/mol. The number of pyridine rings is 1. The number of rotatable bonds is 4. The van der Waals surface area contributed by atoms with Crippen molar-refractivity contribution >= 4 is 11.6 Å². The normalized spacial score (nSPS) is 10.4. The number of nitrogens with one attached hydrogen (secondary N) is 1. The molecular formula is C14H15ClN2O. The Hall–Kier alpha value is -1.58. The van der Waals surface area contributed by atoms with Crippen LogP contribution in [-0.2, 0) is 6.54 Å². The first-order valence-corrected chi connectivity index (χ1v) is 6.10. The molecule has 0 bridgehead atoms. The summed E-state index contributed by atoms with van der Waals surface area (Å²) in [7, 11) is 1.89. The van der Waals surface area contributed by atoms with Gasteiger partial charge in [-0.2, -0.15) is 0 Å². The van der Waals surface area contributed by atoms with E-state index in [1.54, 1.807) is 12.4 Å². The molecule has 0 saturated heterocycles. The number of hydrogen-bond acceptors (Lipinski definition) is 3. The first kappa shape index (κ1) is 12.9. The maximum absolute atomic E-state index is 5.99. The van der Waals surface area contributed by atoms with Crippen LogP contribution in [0.5, 0.6) is 11.5 Å². The lowest BCUT2D eigenvalue weighted by Crippen LogP contribution is -2.06. The highest BCUT2D eigenvalue weighted by Crippen LogP contribution is 2.27. The molecule has 0 unspecified atom stereocenters. The Labute approximate surface area is 112 Å². The van der Waals surface area contributed by atoms with E-state index >= 15 is 0 Å². The van der Waals surface area contributed by atoms with Crippen LogP contribution in [0.3, 0.4) is 0 Å². The molecule has 18 heavy (non-hydrogen) atoms. The van der Waals surface area contributed by atoms with Crippen LogP contribution >= 0.6 is 11.6 Å². The number of ether oxygens (including phenoxy) is 1. The Balaban J connectivity index is 2.25. The van der Waals surface area contributed by atoms with Crippen molar-refractivity contribution in [3.63, 3.8) is 0 Å². The molecule has 0 aliphatic heterocycles. The fourth-order valence-corrected chi connectivity index (χ4v) is 1.76. The fourth-order valence-electron chi connectivity index (χ4n) is 1.64. The third-order valence-electron chi connectivity index (χ3n) is 2.58. The summed E-state index contributed by atoms with van der Waals surface area (Å²) in [4.78, 5) is 4.10. The standard InChI is InChI=1S/C14H15ClN2O/c1-10-7-12(3-4-13(10)15)18-14-5-6-17-9-11(14)8-16-2/h3-7,9,16H,8H2,1-2H3. The van der Waals surface area contributed by atoms with Crippen molar-refractivity contribution in [2.45, 2.75) is 13.5 Å². The van der Waals surface area contributed by atoms with Gasteiger partial charge in [0.1, 0.15) is 11.5 Å². The second kappa shape index (κ2) is 5.85. The molecule has 0 radical (unpaired) electrons. The van der Waals surface area contributed by atoms with Gasteiger partial charge in [0, 0.05) is 29.5 Å². The van der Waals surface area contributed by atoms with E-state index in [4.69, 9.17) is 16.3 Å². The quantitative estimate of drug-likeness (QED) is 0.915. The van der Waals surface area contributed by atoms with Crippen LogP contribution in [0, 0.1) is 6.92 Å². The molecule has 0 atom stereocenters. The van der Waals surface area contributed by atoms with Crippen molar-refractivity contribution in [1.82, 2.24) is 10.3 Å². The number of hydrogen-bond donors (Lipinski definition) is 1. The molecule has 2 aromatic rings. The second-order valence-electron chi connectivity index (χ2n) is 4.03. The molecule has 2 rings (SSSR count). The average molecular weight is 263 g/mol. The number of nitrogens with zero attached hydrogens (tertiary/aromatic N) is 1. The SMILES string of the molecule is CNCc1cnccc1Oc1ccc(Cl)c(C)c1. The molecule has 4 heteroatoms. The zero-order valence-electron chi connectivity index (χ0n) is 10.4. The van der Waals surface area contributed by atoms with Gasteiger partial charge in [-0.15, -0.1) is 0 Å². The van der Waals surface area contributed by atoms with Gasteiger partial charge in [-0.05, 0) is 43.8 Å². The molecule has 1 N–H and O–H groups in total. The summed E-state index contributed by atoms with van der Waals surface area (Å²) in [5, 5.41) is 3.83. The molecule has 1 aromatic heterocycles. The molecule has 0 saturated carbocycles. The van der Waals surface area contributed by atoms with E-state index in [0.717, 1.165) is 34.2 Å². The van der Waals surface area contributed by atoms with E-state index in [1.165, 1.54) is 0 Å². The van der Waals surface area contributed by atoms with E-state index in [1.807, 2.05) is 38.2 Å². The highest BCUT2D eigenvalue weighted by Gasteiger charge is 2.05. The fraction of sp³-hybridized carbons (Fsp3) is 0.214. The minimum Gasteiger partial charge on any atom is -0.457 e. The highest BCUT2D eigenvalue weighted by atomic mass is 35.5. The molecule has 1 heterocycles. The zero-order chi connectivity index (χ0) is 13.0. The summed E-state index contributed by atoms with van der Waals surface area (Å²) in [5.41, 5.74) is 2.02. The Morgan fingerprint density at radius 1 is 1.33 bits per heavy atom. The molecule has 0 aliphatic rings. The Morgan fingerprint density at radius 3 is 2.89 bits per heavy atom. The summed E-state index contributed by atoms with van der Waals surface area (Å²) in [6.07, 6.45) is 3.52. The van der Waals surface area contributed by atoms with Crippen molar-refractivity contribution < 1.29 is 4.74 Å². The molecular weight excluding hydrogens is 248 g/mol. The Bertz CT molecular complexity index is 543. The summed E-state index contributed by atoms with van der Waals surface area (Å²) in [6, 6.07) is 7.48. The van der Waals surface area contributed by atoms with Gasteiger partial charge in [-0.25, -0.2) is 0 Å². The molecule has 0 aliphatic carbocycles. The smallest absolute Gasteiger partial charge is 0.134 e. The van der Waals surface area contributed by atoms with Gasteiger partial charge in [0.25, 0.3) is 0 Å². The van der Waals surface area contributed by atoms with E-state index in [2.05, 4.69) is 10.3 Å². The highest BCUT2D eigenvalue weighted by molar-refractivity contribution is 6.31. The lowest BCUT2D eigenvalue weighted by molar-refractivity contribution is 0.473. The zero-order valence-corrected chi connectivity index (χ0v) is 11.2. The summed E-state index contributed by atoms with van der Waals surface area (Å²) < 4.78 is 5.86. The topological polar surface area (TPSA) is 34.2 Å². The third kappa shape index (κ3) is 3.00. The maximum atomic E-state index is 5.99. The summed E-state index contributed by atoms with van der Waals surface area (Å²) in [5.74, 6) is 1.58. The minimum absolute atomic E-state index is 0.718. The van der Waals surface area contributed by atoms with Crippen molar-refractivity contribution in [1.29, 1.82) is 0 Å². The van der Waals surface area contributed by atoms with Gasteiger partial charge < -0.3 is 10.1 Å². The molecule has 1 aromatic carbocycles. The Morgan fingerprint density at radius 2 is 2.17 bits per heavy atom. The van der Waals surface area contributed by atoms with Gasteiger partial charge in [0.2, 0.25) is 0 Å². The average Bonchev–Trinajstić information content (AvgIpc) is 2.37. The van der Waals surface area contributed by atoms with Crippen molar-refractivity contribution in [3.05, 3.63) is 52.8 Å². The van der Waals surface area contributed by atoms with Gasteiger partial charge >= 0.3 is 0 Å². The number of benzene rings is 1. The Kier molecular flexibility index (Phi) is 4.18. The first-order valence-electron chi connectivity index (χ1n) is 5.72. The molecule has 0 spiro atoms. The monoisotopic (exact) mass is 262 g/mol. The van der Waals surface area contributed by atoms with E-state index < -0.39 is 0 Å². The largest absolute Gasteiger partial charge is 0.457 e. The first-order chi connectivity index (χ1) is 8.70. The van der Waals surface area contributed by atoms with Crippen LogP contribution in [0.15, 0.2) is 36.7 Å². The van der Waals surface area contributed by atoms with Crippen LogP contribution in [-0.4, -0.2) is 12.0 Å². The van der Waals surface area contributed by atoms with Crippen molar-refractivity contribution in [3.8, 4) is 11.5 Å². The van der Waals surface area contributed by atoms with Crippen LogP contribution in [0.25, 0.3) is 0 Å². The van der Waals surface area contributed by atoms with Crippen LogP contribution in [0.2, 0.25) is 5.02 Å². The second-order valence-corrected chi connectivity index (χ2v) is 4.43. The minimum atomic E-state index is 0.718. The van der Waals surface area contributed by atoms with Gasteiger partial charge in [-0.3, -0.25) is 4.98 Å². The van der Waals surface area contributed by atoms with Crippen molar-refractivity contribution in [2.24, 2.45) is 0 Å². The van der Waals surface area contributed by atoms with Crippen molar-refractivity contribution in [2.75, 3.05) is 7.05 Å². The van der Waals surface area contributed by atoms with E-state index in [9.17, 15) is 0 Å². The third-order valence-corrected chi connectivity index (χ3v) is 3.01. The predicted octanol–water partition coefficient (Wildman–Crippen LogP) is 3.56. The van der Waals surface area contributed by atoms with Crippen LogP contribution in [0.4, 0.5) is 0 Å². The van der Waals surface area contributed by atoms with E-state index in [0.29, 0.717) is 0 Å². The lowest BCUT2D eigenvalue weighted by Gasteiger charge is -2.11. The van der Waals surface area contributed by atoms with Gasteiger partial charge in [0.15, 0.2) is 0 Å². The van der Waals surface area contributed by atoms with Crippen LogP contribution in [0.1, 0.15) is 11.1 Å². The van der Waals surface area contributed by atoms with Gasteiger partial charge in [0.05, 0.1) is 0 Å². The summed E-state index contributed by atoms with van der Waals surface area (Å²) >= 11 is 5.99. The maximum Gasteiger partial charge on any atom is 0.134 e. The number of aryl methyl sites for hydroxylation is 1. The summed E-state index contributed by atoms with van der Waals surface area (Å²) in [6.45, 7) is 2.67. The van der Waals surface area contributed by atoms with E-state index in [-0.39, 0.29) is 0 Å².